The summed E-state index contributed by atoms with van der Waals surface area (Å²) in [6.45, 7) is 3.65. The molecule has 1 aliphatic rings. The van der Waals surface area contributed by atoms with Gasteiger partial charge in [0.25, 0.3) is 5.91 Å². The smallest absolute Gasteiger partial charge is 0.356 e. The Hall–Kier alpha value is -1.98. The lowest BCUT2D eigenvalue weighted by Crippen LogP contribution is -2.40. The molecular formula is C14H19N3O3. The molecule has 1 atom stereocenters. The largest absolute Gasteiger partial charge is 0.476 e. The van der Waals surface area contributed by atoms with Crippen LogP contribution in [0.3, 0.4) is 0 Å². The maximum Gasteiger partial charge on any atom is 0.356 e. The van der Waals surface area contributed by atoms with E-state index >= 15 is 0 Å². The molecule has 20 heavy (non-hydrogen) atoms. The van der Waals surface area contributed by atoms with Gasteiger partial charge in [0.2, 0.25) is 0 Å². The zero-order chi connectivity index (χ0) is 14.5. The molecule has 6 nitrogen and oxygen atoms in total. The van der Waals surface area contributed by atoms with E-state index < -0.39 is 5.97 Å². The highest BCUT2D eigenvalue weighted by Gasteiger charge is 2.25. The van der Waals surface area contributed by atoms with E-state index in [1.54, 1.807) is 4.90 Å². The molecule has 0 aromatic carbocycles. The number of amides is 1. The average Bonchev–Trinajstić information content (AvgIpc) is 2.47. The molecule has 6 heteroatoms. The van der Waals surface area contributed by atoms with Crippen LogP contribution in [0.15, 0.2) is 12.4 Å². The first-order valence-electron chi connectivity index (χ1n) is 6.96. The predicted octanol–water partition coefficient (Wildman–Crippen LogP) is 1.83. The highest BCUT2D eigenvalue weighted by atomic mass is 16.4. The molecule has 1 unspecified atom stereocenters. The molecule has 2 heterocycles. The van der Waals surface area contributed by atoms with Crippen LogP contribution < -0.4 is 0 Å². The van der Waals surface area contributed by atoms with Gasteiger partial charge in [-0.1, -0.05) is 13.3 Å². The monoisotopic (exact) mass is 277 g/mol. The number of carboxylic acids is 1. The molecule has 1 aromatic heterocycles. The van der Waals surface area contributed by atoms with Crippen LogP contribution in [0.2, 0.25) is 0 Å². The van der Waals surface area contributed by atoms with Gasteiger partial charge in [0.1, 0.15) is 5.69 Å². The van der Waals surface area contributed by atoms with Gasteiger partial charge in [-0.3, -0.25) is 4.79 Å². The number of aromatic nitrogens is 2. The fourth-order valence-corrected chi connectivity index (χ4v) is 2.60. The van der Waals surface area contributed by atoms with Crippen molar-refractivity contribution in [2.24, 2.45) is 5.92 Å². The van der Waals surface area contributed by atoms with Gasteiger partial charge in [0, 0.05) is 13.1 Å². The molecule has 0 aliphatic carbocycles. The molecule has 1 N–H and O–H groups in total. The van der Waals surface area contributed by atoms with Crippen LogP contribution in [-0.2, 0) is 0 Å². The van der Waals surface area contributed by atoms with Crippen molar-refractivity contribution >= 4 is 11.9 Å². The molecular weight excluding hydrogens is 258 g/mol. The number of carboxylic acid groups (broad SMARTS) is 1. The second kappa shape index (κ2) is 6.45. The molecule has 0 bridgehead atoms. The van der Waals surface area contributed by atoms with E-state index in [4.69, 9.17) is 5.11 Å². The summed E-state index contributed by atoms with van der Waals surface area (Å²) in [5.74, 6) is -0.739. The normalized spacial score (nSPS) is 18.9. The lowest BCUT2D eigenvalue weighted by Gasteiger charge is -2.32. The van der Waals surface area contributed by atoms with Gasteiger partial charge >= 0.3 is 5.97 Å². The molecule has 108 valence electrons. The van der Waals surface area contributed by atoms with Crippen LogP contribution in [0.4, 0.5) is 0 Å². The zero-order valence-electron chi connectivity index (χ0n) is 11.6. The van der Waals surface area contributed by atoms with Crippen LogP contribution >= 0.6 is 0 Å². The van der Waals surface area contributed by atoms with Crippen LogP contribution in [0, 0.1) is 5.92 Å². The molecule has 1 saturated heterocycles. The number of carbonyl (C=O) groups excluding carboxylic acids is 1. The average molecular weight is 277 g/mol. The summed E-state index contributed by atoms with van der Waals surface area (Å²) >= 11 is 0. The Balaban J connectivity index is 2.04. The van der Waals surface area contributed by atoms with Crippen molar-refractivity contribution in [3.05, 3.63) is 23.8 Å². The van der Waals surface area contributed by atoms with Crippen molar-refractivity contribution in [3.63, 3.8) is 0 Å². The summed E-state index contributed by atoms with van der Waals surface area (Å²) in [5, 5.41) is 8.76. The van der Waals surface area contributed by atoms with Gasteiger partial charge in [0.15, 0.2) is 5.69 Å². The first-order valence-corrected chi connectivity index (χ1v) is 6.96. The van der Waals surface area contributed by atoms with Gasteiger partial charge in [0.05, 0.1) is 12.4 Å². The van der Waals surface area contributed by atoms with E-state index in [0.29, 0.717) is 5.92 Å². The maximum absolute atomic E-state index is 12.3. The molecule has 0 radical (unpaired) electrons. The Bertz CT molecular complexity index is 485. The lowest BCUT2D eigenvalue weighted by atomic mass is 9.93. The van der Waals surface area contributed by atoms with Gasteiger partial charge in [-0.05, 0) is 25.2 Å². The number of likely N-dealkylation sites (tertiary alicyclic amines) is 1. The number of hydrogen-bond donors (Lipinski definition) is 1. The van der Waals surface area contributed by atoms with E-state index in [9.17, 15) is 9.59 Å². The summed E-state index contributed by atoms with van der Waals surface area (Å²) < 4.78 is 0. The molecule has 0 spiro atoms. The third-order valence-electron chi connectivity index (χ3n) is 3.59. The molecule has 0 saturated carbocycles. The van der Waals surface area contributed by atoms with E-state index in [1.165, 1.54) is 12.6 Å². The van der Waals surface area contributed by atoms with Crippen LogP contribution in [0.1, 0.15) is 53.6 Å². The maximum atomic E-state index is 12.3. The third-order valence-corrected chi connectivity index (χ3v) is 3.59. The number of rotatable bonds is 4. The summed E-state index contributed by atoms with van der Waals surface area (Å²) in [6, 6.07) is 0. The zero-order valence-corrected chi connectivity index (χ0v) is 11.6. The fraction of sp³-hybridized carbons (Fsp3) is 0.571. The van der Waals surface area contributed by atoms with Crippen LogP contribution in [0.25, 0.3) is 0 Å². The minimum atomic E-state index is -1.14. The van der Waals surface area contributed by atoms with E-state index in [2.05, 4.69) is 16.9 Å². The van der Waals surface area contributed by atoms with Crippen molar-refractivity contribution < 1.29 is 14.7 Å². The predicted molar refractivity (Wildman–Crippen MR) is 72.5 cm³/mol. The SMILES string of the molecule is CCCC1CCCN(C(=O)c2cnc(C(=O)O)cn2)C1. The topological polar surface area (TPSA) is 83.4 Å². The van der Waals surface area contributed by atoms with Crippen molar-refractivity contribution in [2.75, 3.05) is 13.1 Å². The highest BCUT2D eigenvalue weighted by Crippen LogP contribution is 2.21. The van der Waals surface area contributed by atoms with E-state index in [0.717, 1.165) is 38.5 Å². The summed E-state index contributed by atoms with van der Waals surface area (Å²) in [6.07, 6.45) is 6.81. The lowest BCUT2D eigenvalue weighted by molar-refractivity contribution is 0.0653. The van der Waals surface area contributed by atoms with Crippen molar-refractivity contribution in [1.82, 2.24) is 14.9 Å². The summed E-state index contributed by atoms with van der Waals surface area (Å²) in [5.41, 5.74) is 0.0659. The Morgan fingerprint density at radius 2 is 2.05 bits per heavy atom. The number of aromatic carboxylic acids is 1. The number of hydrogen-bond acceptors (Lipinski definition) is 4. The van der Waals surface area contributed by atoms with Gasteiger partial charge in [-0.25, -0.2) is 14.8 Å². The molecule has 1 aromatic rings. The first-order chi connectivity index (χ1) is 9.61. The molecule has 1 fully saturated rings. The van der Waals surface area contributed by atoms with E-state index in [1.807, 2.05) is 0 Å². The van der Waals surface area contributed by atoms with Gasteiger partial charge < -0.3 is 10.0 Å². The Labute approximate surface area is 117 Å². The second-order valence-corrected chi connectivity index (χ2v) is 5.14. The number of piperidine rings is 1. The standard InChI is InChI=1S/C14H19N3O3/c1-2-4-10-5-3-6-17(9-10)13(18)11-7-16-12(8-15-11)14(19)20/h7-8,10H,2-6,9H2,1H3,(H,19,20). The molecule has 1 amide bonds. The summed E-state index contributed by atoms with van der Waals surface area (Å²) in [4.78, 5) is 32.5. The van der Waals surface area contributed by atoms with Gasteiger partial charge in [-0.2, -0.15) is 0 Å². The van der Waals surface area contributed by atoms with Crippen molar-refractivity contribution in [1.29, 1.82) is 0 Å². The fourth-order valence-electron chi connectivity index (χ4n) is 2.60. The minimum absolute atomic E-state index is 0.149. The van der Waals surface area contributed by atoms with Crippen LogP contribution in [0.5, 0.6) is 0 Å². The first kappa shape index (κ1) is 14.4. The third kappa shape index (κ3) is 3.31. The number of carbonyl (C=O) groups is 2. The number of nitrogens with zero attached hydrogens (tertiary/aromatic N) is 3. The Morgan fingerprint density at radius 1 is 1.35 bits per heavy atom. The summed E-state index contributed by atoms with van der Waals surface area (Å²) in [7, 11) is 0. The van der Waals surface area contributed by atoms with Crippen molar-refractivity contribution in [2.45, 2.75) is 32.6 Å². The second-order valence-electron chi connectivity index (χ2n) is 5.14. The van der Waals surface area contributed by atoms with Crippen LogP contribution in [-0.4, -0.2) is 44.9 Å². The molecule has 1 aliphatic heterocycles. The Kier molecular flexibility index (Phi) is 4.65. The van der Waals surface area contributed by atoms with E-state index in [-0.39, 0.29) is 17.3 Å². The quantitative estimate of drug-likeness (QED) is 0.907. The van der Waals surface area contributed by atoms with Gasteiger partial charge in [-0.15, -0.1) is 0 Å². The molecule has 2 rings (SSSR count). The Morgan fingerprint density at radius 3 is 2.65 bits per heavy atom. The van der Waals surface area contributed by atoms with Crippen molar-refractivity contribution in [3.8, 4) is 0 Å². The highest BCUT2D eigenvalue weighted by molar-refractivity contribution is 5.92. The minimum Gasteiger partial charge on any atom is -0.476 e.